The fourth-order valence-electron chi connectivity index (χ4n) is 3.52. The zero-order valence-corrected chi connectivity index (χ0v) is 13.3. The minimum Gasteiger partial charge on any atom is -0.465 e. The van der Waals surface area contributed by atoms with Gasteiger partial charge in [0, 0.05) is 35.8 Å². The van der Waals surface area contributed by atoms with Crippen LogP contribution in [0.2, 0.25) is 5.02 Å². The van der Waals surface area contributed by atoms with Crippen molar-refractivity contribution in [2.45, 2.75) is 37.9 Å². The molecule has 0 spiro atoms. The Balaban J connectivity index is 1.73. The number of halogens is 1. The molecule has 1 aromatic rings. The van der Waals surface area contributed by atoms with Gasteiger partial charge in [-0.05, 0) is 38.0 Å². The summed E-state index contributed by atoms with van der Waals surface area (Å²) in [5.41, 5.74) is 0.924. The molecular formula is C17H19ClN2O2. The number of fused-ring (bicyclic) bond motifs is 1. The second-order valence-electron chi connectivity index (χ2n) is 5.89. The van der Waals surface area contributed by atoms with Crippen LogP contribution in [-0.4, -0.2) is 52.2 Å². The number of amides is 1. The van der Waals surface area contributed by atoms with Gasteiger partial charge < -0.3 is 10.0 Å². The lowest BCUT2D eigenvalue weighted by molar-refractivity contribution is 0.0436. The molecule has 3 rings (SSSR count). The third-order valence-electron chi connectivity index (χ3n) is 4.66. The number of hydrogen-bond acceptors (Lipinski definition) is 2. The van der Waals surface area contributed by atoms with E-state index in [2.05, 4.69) is 16.7 Å². The molecule has 1 aromatic carbocycles. The summed E-state index contributed by atoms with van der Waals surface area (Å²) in [6, 6.07) is 8.08. The molecular weight excluding hydrogens is 300 g/mol. The zero-order valence-electron chi connectivity index (χ0n) is 12.5. The summed E-state index contributed by atoms with van der Waals surface area (Å²) in [5.74, 6) is 6.54. The molecule has 2 saturated heterocycles. The van der Waals surface area contributed by atoms with Crippen LogP contribution in [-0.2, 0) is 0 Å². The van der Waals surface area contributed by atoms with Crippen LogP contribution in [0.15, 0.2) is 24.3 Å². The Morgan fingerprint density at radius 3 is 2.91 bits per heavy atom. The molecule has 116 valence electrons. The summed E-state index contributed by atoms with van der Waals surface area (Å²) >= 11 is 5.98. The maximum atomic E-state index is 11.2. The monoisotopic (exact) mass is 318 g/mol. The van der Waals surface area contributed by atoms with Crippen molar-refractivity contribution in [2.24, 2.45) is 0 Å². The first kappa shape index (κ1) is 15.2. The molecule has 0 aromatic heterocycles. The molecule has 0 saturated carbocycles. The first-order chi connectivity index (χ1) is 10.6. The van der Waals surface area contributed by atoms with Crippen LogP contribution in [0.5, 0.6) is 0 Å². The second-order valence-corrected chi connectivity index (χ2v) is 6.33. The third kappa shape index (κ3) is 2.92. The molecule has 2 heterocycles. The topological polar surface area (TPSA) is 43.8 Å². The van der Waals surface area contributed by atoms with Crippen molar-refractivity contribution >= 4 is 17.7 Å². The van der Waals surface area contributed by atoms with Gasteiger partial charge in [-0.15, -0.1) is 0 Å². The largest absolute Gasteiger partial charge is 0.465 e. The van der Waals surface area contributed by atoms with Gasteiger partial charge in [-0.3, -0.25) is 4.90 Å². The number of carbonyl (C=O) groups is 1. The number of nitrogens with zero attached hydrogens (tertiary/aromatic N) is 2. The Morgan fingerprint density at radius 2 is 2.18 bits per heavy atom. The molecule has 0 radical (unpaired) electrons. The van der Waals surface area contributed by atoms with E-state index in [0.29, 0.717) is 11.6 Å². The van der Waals surface area contributed by atoms with Gasteiger partial charge in [0.15, 0.2) is 0 Å². The maximum absolute atomic E-state index is 11.2. The molecule has 1 amide bonds. The number of carboxylic acid groups (broad SMARTS) is 1. The van der Waals surface area contributed by atoms with Crippen molar-refractivity contribution in [3.8, 4) is 11.8 Å². The average molecular weight is 319 g/mol. The van der Waals surface area contributed by atoms with Gasteiger partial charge in [0.2, 0.25) is 0 Å². The van der Waals surface area contributed by atoms with Gasteiger partial charge in [0.1, 0.15) is 0 Å². The molecule has 2 aliphatic rings. The predicted molar refractivity (Wildman–Crippen MR) is 86.0 cm³/mol. The SMILES string of the molecule is CC1[C@@H]2CC[C@@H](C#Cc3cccc(Cl)c3)N2CCN1C(=O)O. The van der Waals surface area contributed by atoms with Crippen LogP contribution in [0, 0.1) is 11.8 Å². The Kier molecular flexibility index (Phi) is 4.28. The van der Waals surface area contributed by atoms with E-state index in [9.17, 15) is 9.90 Å². The molecule has 2 aliphatic heterocycles. The van der Waals surface area contributed by atoms with E-state index in [4.69, 9.17) is 11.6 Å². The molecule has 22 heavy (non-hydrogen) atoms. The Morgan fingerprint density at radius 1 is 1.36 bits per heavy atom. The molecule has 2 fully saturated rings. The number of hydrogen-bond donors (Lipinski definition) is 1. The van der Waals surface area contributed by atoms with E-state index in [1.165, 1.54) is 0 Å². The fourth-order valence-corrected chi connectivity index (χ4v) is 3.71. The van der Waals surface area contributed by atoms with Gasteiger partial charge in [-0.1, -0.05) is 29.5 Å². The molecule has 3 atom stereocenters. The first-order valence-corrected chi connectivity index (χ1v) is 7.96. The lowest BCUT2D eigenvalue weighted by atomic mass is 10.0. The third-order valence-corrected chi connectivity index (χ3v) is 4.90. The number of rotatable bonds is 0. The van der Waals surface area contributed by atoms with E-state index >= 15 is 0 Å². The summed E-state index contributed by atoms with van der Waals surface area (Å²) in [6.07, 6.45) is 1.18. The minimum atomic E-state index is -0.819. The molecule has 4 nitrogen and oxygen atoms in total. The van der Waals surface area contributed by atoms with Gasteiger partial charge in [0.05, 0.1) is 6.04 Å². The van der Waals surface area contributed by atoms with Crippen molar-refractivity contribution < 1.29 is 9.90 Å². The van der Waals surface area contributed by atoms with Crippen LogP contribution >= 0.6 is 11.6 Å². The summed E-state index contributed by atoms with van der Waals surface area (Å²) in [5, 5.41) is 9.93. The normalized spacial score (nSPS) is 27.9. The van der Waals surface area contributed by atoms with Crippen molar-refractivity contribution in [2.75, 3.05) is 13.1 Å². The van der Waals surface area contributed by atoms with E-state index < -0.39 is 6.09 Å². The highest BCUT2D eigenvalue weighted by atomic mass is 35.5. The van der Waals surface area contributed by atoms with E-state index in [0.717, 1.165) is 24.9 Å². The molecule has 1 unspecified atom stereocenters. The highest BCUT2D eigenvalue weighted by molar-refractivity contribution is 6.30. The standard InChI is InChI=1S/C17H19ClN2O2/c1-12-16-8-7-15(20(16)10-9-19(12)17(21)22)6-5-13-3-2-4-14(18)11-13/h2-4,11-12,15-16H,7-10H2,1H3,(H,21,22)/t12?,15-,16+/m1/s1. The molecule has 1 N–H and O–H groups in total. The Hall–Kier alpha value is -1.70. The number of benzene rings is 1. The lowest BCUT2D eigenvalue weighted by Gasteiger charge is -2.42. The van der Waals surface area contributed by atoms with E-state index in [1.54, 1.807) is 4.90 Å². The smallest absolute Gasteiger partial charge is 0.407 e. The predicted octanol–water partition coefficient (Wildman–Crippen LogP) is 2.91. The molecule has 0 bridgehead atoms. The van der Waals surface area contributed by atoms with Crippen LogP contribution in [0.4, 0.5) is 4.79 Å². The zero-order chi connectivity index (χ0) is 15.7. The second kappa shape index (κ2) is 6.20. The van der Waals surface area contributed by atoms with Gasteiger partial charge >= 0.3 is 6.09 Å². The minimum absolute atomic E-state index is 0.0317. The summed E-state index contributed by atoms with van der Waals surface area (Å²) in [4.78, 5) is 15.2. The Labute approximate surface area is 135 Å². The summed E-state index contributed by atoms with van der Waals surface area (Å²) < 4.78 is 0. The van der Waals surface area contributed by atoms with Crippen molar-refractivity contribution in [3.63, 3.8) is 0 Å². The van der Waals surface area contributed by atoms with Crippen molar-refractivity contribution in [1.29, 1.82) is 0 Å². The van der Waals surface area contributed by atoms with E-state index in [1.807, 2.05) is 31.2 Å². The summed E-state index contributed by atoms with van der Waals surface area (Å²) in [7, 11) is 0. The van der Waals surface area contributed by atoms with Gasteiger partial charge in [-0.2, -0.15) is 0 Å². The highest BCUT2D eigenvalue weighted by Crippen LogP contribution is 2.31. The highest BCUT2D eigenvalue weighted by Gasteiger charge is 2.42. The van der Waals surface area contributed by atoms with Crippen LogP contribution in [0.3, 0.4) is 0 Å². The fraction of sp³-hybridized carbons (Fsp3) is 0.471. The lowest BCUT2D eigenvalue weighted by Crippen LogP contribution is -2.58. The number of piperazine rings is 1. The molecule has 0 aliphatic carbocycles. The molecule has 5 heteroatoms. The van der Waals surface area contributed by atoms with Crippen LogP contribution in [0.1, 0.15) is 25.3 Å². The van der Waals surface area contributed by atoms with E-state index in [-0.39, 0.29) is 18.1 Å². The van der Waals surface area contributed by atoms with Gasteiger partial charge in [0.25, 0.3) is 0 Å². The quantitative estimate of drug-likeness (QED) is 0.748. The van der Waals surface area contributed by atoms with Crippen molar-refractivity contribution in [3.05, 3.63) is 34.9 Å². The van der Waals surface area contributed by atoms with Gasteiger partial charge in [-0.25, -0.2) is 4.79 Å². The van der Waals surface area contributed by atoms with Crippen LogP contribution in [0.25, 0.3) is 0 Å². The van der Waals surface area contributed by atoms with Crippen LogP contribution < -0.4 is 0 Å². The Bertz CT molecular complexity index is 637. The first-order valence-electron chi connectivity index (χ1n) is 7.58. The van der Waals surface area contributed by atoms with Crippen molar-refractivity contribution in [1.82, 2.24) is 9.80 Å². The maximum Gasteiger partial charge on any atom is 0.407 e. The average Bonchev–Trinajstić information content (AvgIpc) is 2.89. The summed E-state index contributed by atoms with van der Waals surface area (Å²) in [6.45, 7) is 3.32.